The molecule has 1 heterocycles. The number of rotatable bonds is 4. The highest BCUT2D eigenvalue weighted by atomic mass is 16.6. The Morgan fingerprint density at radius 3 is 2.67 bits per heavy atom. The first-order valence-electron chi connectivity index (χ1n) is 6.14. The summed E-state index contributed by atoms with van der Waals surface area (Å²) in [6, 6.07) is 4.24. The number of benzene rings is 1. The fraction of sp³-hybridized carbons (Fsp3) is 0.308. The fourth-order valence-corrected chi connectivity index (χ4v) is 1.72. The van der Waals surface area contributed by atoms with E-state index in [0.717, 1.165) is 0 Å². The molecule has 8 nitrogen and oxygen atoms in total. The highest BCUT2D eigenvalue weighted by Gasteiger charge is 2.25. The molecule has 8 heteroatoms. The van der Waals surface area contributed by atoms with Crippen LogP contribution in [0.3, 0.4) is 0 Å². The summed E-state index contributed by atoms with van der Waals surface area (Å²) in [5.41, 5.74) is 0.302. The number of carbonyl (C=O) groups is 1. The van der Waals surface area contributed by atoms with Crippen molar-refractivity contribution in [2.24, 2.45) is 0 Å². The van der Waals surface area contributed by atoms with E-state index in [4.69, 9.17) is 9.15 Å². The van der Waals surface area contributed by atoms with Gasteiger partial charge in [-0.1, -0.05) is 6.07 Å². The van der Waals surface area contributed by atoms with Gasteiger partial charge in [0.2, 0.25) is 5.89 Å². The number of hydrogen-bond acceptors (Lipinski definition) is 7. The lowest BCUT2D eigenvalue weighted by Gasteiger charge is -2.10. The largest absolute Gasteiger partial charge is 0.449 e. The number of hydrogen-bond donors (Lipinski definition) is 0. The van der Waals surface area contributed by atoms with E-state index in [-0.39, 0.29) is 17.1 Å². The van der Waals surface area contributed by atoms with Gasteiger partial charge < -0.3 is 9.15 Å². The Hall–Kier alpha value is -2.77. The standard InChI is InChI=1S/C13H13N3O5/c1-7-4-5-11(16(18)19)10(6-7)13(17)20-8(2)12-15-14-9(3)21-12/h4-6,8H,1-3H3. The van der Waals surface area contributed by atoms with Gasteiger partial charge in [0.25, 0.3) is 11.6 Å². The normalized spacial score (nSPS) is 12.0. The molecule has 0 aliphatic rings. The number of nitrogens with zero attached hydrogens (tertiary/aromatic N) is 3. The molecule has 2 rings (SSSR count). The number of esters is 1. The smallest absolute Gasteiger partial charge is 0.345 e. The summed E-state index contributed by atoms with van der Waals surface area (Å²) >= 11 is 0. The minimum atomic E-state index is -0.811. The maximum atomic E-state index is 12.1. The van der Waals surface area contributed by atoms with Crippen LogP contribution in [0.2, 0.25) is 0 Å². The van der Waals surface area contributed by atoms with Crippen molar-refractivity contribution < 1.29 is 18.9 Å². The zero-order valence-corrected chi connectivity index (χ0v) is 11.7. The lowest BCUT2D eigenvalue weighted by atomic mass is 10.1. The van der Waals surface area contributed by atoms with Gasteiger partial charge in [0, 0.05) is 13.0 Å². The van der Waals surface area contributed by atoms with Crippen LogP contribution in [-0.4, -0.2) is 21.1 Å². The van der Waals surface area contributed by atoms with Crippen molar-refractivity contribution in [3.63, 3.8) is 0 Å². The van der Waals surface area contributed by atoms with Crippen LogP contribution < -0.4 is 0 Å². The van der Waals surface area contributed by atoms with E-state index in [1.54, 1.807) is 26.8 Å². The van der Waals surface area contributed by atoms with Gasteiger partial charge in [-0.15, -0.1) is 10.2 Å². The van der Waals surface area contributed by atoms with Gasteiger partial charge in [-0.3, -0.25) is 10.1 Å². The van der Waals surface area contributed by atoms with Gasteiger partial charge in [-0.05, 0) is 25.5 Å². The van der Waals surface area contributed by atoms with Crippen LogP contribution in [0, 0.1) is 24.0 Å². The Kier molecular flexibility index (Phi) is 3.97. The molecule has 0 N–H and O–H groups in total. The van der Waals surface area contributed by atoms with E-state index in [0.29, 0.717) is 11.5 Å². The van der Waals surface area contributed by atoms with E-state index >= 15 is 0 Å². The van der Waals surface area contributed by atoms with Gasteiger partial charge in [-0.2, -0.15) is 0 Å². The monoisotopic (exact) mass is 291 g/mol. The maximum absolute atomic E-state index is 12.1. The second-order valence-electron chi connectivity index (χ2n) is 4.48. The predicted molar refractivity (Wildman–Crippen MR) is 70.7 cm³/mol. The average molecular weight is 291 g/mol. The van der Waals surface area contributed by atoms with Gasteiger partial charge >= 0.3 is 5.97 Å². The topological polar surface area (TPSA) is 108 Å². The zero-order chi connectivity index (χ0) is 15.6. The van der Waals surface area contributed by atoms with E-state index in [1.807, 2.05) is 0 Å². The molecule has 2 aromatic rings. The van der Waals surface area contributed by atoms with Crippen LogP contribution in [0.5, 0.6) is 0 Å². The summed E-state index contributed by atoms with van der Waals surface area (Å²) in [5.74, 6) is -0.334. The molecule has 0 aliphatic carbocycles. The van der Waals surface area contributed by atoms with Crippen LogP contribution in [0.4, 0.5) is 5.69 Å². The summed E-state index contributed by atoms with van der Waals surface area (Å²) in [6.07, 6.45) is -0.793. The SMILES string of the molecule is Cc1ccc([N+](=O)[O-])c(C(=O)OC(C)c2nnc(C)o2)c1. The van der Waals surface area contributed by atoms with E-state index in [2.05, 4.69) is 10.2 Å². The molecule has 0 amide bonds. The molecule has 0 aliphatic heterocycles. The molecule has 0 fully saturated rings. The van der Waals surface area contributed by atoms with Crippen LogP contribution in [-0.2, 0) is 4.74 Å². The summed E-state index contributed by atoms with van der Waals surface area (Å²) in [6.45, 7) is 4.88. The number of nitro groups is 1. The first kappa shape index (κ1) is 14.6. The molecular weight excluding hydrogens is 278 g/mol. The van der Waals surface area contributed by atoms with Crippen LogP contribution in [0.1, 0.15) is 40.7 Å². The lowest BCUT2D eigenvalue weighted by molar-refractivity contribution is -0.385. The second-order valence-corrected chi connectivity index (χ2v) is 4.48. The summed E-state index contributed by atoms with van der Waals surface area (Å²) in [7, 11) is 0. The Labute approximate surface area is 119 Å². The molecule has 1 unspecified atom stereocenters. The quantitative estimate of drug-likeness (QED) is 0.483. The highest BCUT2D eigenvalue weighted by molar-refractivity contribution is 5.94. The molecule has 1 aromatic carbocycles. The molecule has 1 atom stereocenters. The number of aryl methyl sites for hydroxylation is 2. The number of ether oxygens (including phenoxy) is 1. The Bertz CT molecular complexity index is 695. The molecule has 0 saturated heterocycles. The van der Waals surface area contributed by atoms with Crippen molar-refractivity contribution in [2.45, 2.75) is 26.9 Å². The minimum Gasteiger partial charge on any atom is -0.449 e. The summed E-state index contributed by atoms with van der Waals surface area (Å²) in [4.78, 5) is 22.4. The number of carbonyl (C=O) groups excluding carboxylic acids is 1. The third kappa shape index (κ3) is 3.22. The Balaban J connectivity index is 2.24. The fourth-order valence-electron chi connectivity index (χ4n) is 1.72. The van der Waals surface area contributed by atoms with Crippen molar-refractivity contribution in [3.05, 3.63) is 51.2 Å². The van der Waals surface area contributed by atoms with Gasteiger partial charge in [-0.25, -0.2) is 4.79 Å². The van der Waals surface area contributed by atoms with Crippen molar-refractivity contribution >= 4 is 11.7 Å². The van der Waals surface area contributed by atoms with Gasteiger partial charge in [0.15, 0.2) is 6.10 Å². The molecule has 0 saturated carbocycles. The molecular formula is C13H13N3O5. The lowest BCUT2D eigenvalue weighted by Crippen LogP contribution is -2.12. The van der Waals surface area contributed by atoms with Gasteiger partial charge in [0.05, 0.1) is 4.92 Å². The molecule has 0 bridgehead atoms. The number of nitro benzene ring substituents is 1. The Morgan fingerprint density at radius 1 is 1.38 bits per heavy atom. The highest BCUT2D eigenvalue weighted by Crippen LogP contribution is 2.24. The average Bonchev–Trinajstić information content (AvgIpc) is 2.85. The molecule has 110 valence electrons. The predicted octanol–water partition coefficient (Wildman–Crippen LogP) is 2.51. The molecule has 0 radical (unpaired) electrons. The second kappa shape index (κ2) is 5.70. The van der Waals surface area contributed by atoms with Crippen molar-refractivity contribution in [1.82, 2.24) is 10.2 Å². The van der Waals surface area contributed by atoms with E-state index in [9.17, 15) is 14.9 Å². The van der Waals surface area contributed by atoms with E-state index < -0.39 is 17.0 Å². The zero-order valence-electron chi connectivity index (χ0n) is 11.7. The van der Waals surface area contributed by atoms with E-state index in [1.165, 1.54) is 12.1 Å². The molecule has 1 aromatic heterocycles. The number of aromatic nitrogens is 2. The Morgan fingerprint density at radius 2 is 2.10 bits per heavy atom. The first-order chi connectivity index (χ1) is 9.88. The maximum Gasteiger partial charge on any atom is 0.345 e. The van der Waals surface area contributed by atoms with Crippen LogP contribution in [0.25, 0.3) is 0 Å². The third-order valence-electron chi connectivity index (χ3n) is 2.74. The van der Waals surface area contributed by atoms with Crippen molar-refractivity contribution in [1.29, 1.82) is 0 Å². The van der Waals surface area contributed by atoms with Crippen molar-refractivity contribution in [3.8, 4) is 0 Å². The molecule has 0 spiro atoms. The molecule has 21 heavy (non-hydrogen) atoms. The van der Waals surface area contributed by atoms with Crippen LogP contribution >= 0.6 is 0 Å². The van der Waals surface area contributed by atoms with Gasteiger partial charge in [0.1, 0.15) is 5.56 Å². The first-order valence-corrected chi connectivity index (χ1v) is 6.14. The van der Waals surface area contributed by atoms with Crippen LogP contribution in [0.15, 0.2) is 22.6 Å². The third-order valence-corrected chi connectivity index (χ3v) is 2.74. The van der Waals surface area contributed by atoms with Crippen molar-refractivity contribution in [2.75, 3.05) is 0 Å². The minimum absolute atomic E-state index is 0.108. The summed E-state index contributed by atoms with van der Waals surface area (Å²) in [5, 5.41) is 18.3. The summed E-state index contributed by atoms with van der Waals surface area (Å²) < 4.78 is 10.3.